The highest BCUT2D eigenvalue weighted by Gasteiger charge is 2.05. The molecule has 1 aromatic heterocycles. The van der Waals surface area contributed by atoms with Crippen LogP contribution in [0.5, 0.6) is 0 Å². The summed E-state index contributed by atoms with van der Waals surface area (Å²) < 4.78 is 0. The normalized spacial score (nSPS) is 10.6. The zero-order chi connectivity index (χ0) is 11.7. The molecular formula is C13H12N4. The highest BCUT2D eigenvalue weighted by Crippen LogP contribution is 2.24. The van der Waals surface area contributed by atoms with E-state index in [1.165, 1.54) is 0 Å². The average molecular weight is 224 g/mol. The molecule has 3 rings (SSSR count). The van der Waals surface area contributed by atoms with E-state index in [0.29, 0.717) is 0 Å². The van der Waals surface area contributed by atoms with Crippen molar-refractivity contribution >= 4 is 28.1 Å². The Kier molecular flexibility index (Phi) is 2.19. The number of aromatic nitrogens is 2. The Bertz CT molecular complexity index is 643. The van der Waals surface area contributed by atoms with Gasteiger partial charge in [-0.15, -0.1) is 0 Å². The van der Waals surface area contributed by atoms with E-state index in [0.717, 1.165) is 28.1 Å². The lowest BCUT2D eigenvalue weighted by Crippen LogP contribution is -1.90. The molecule has 0 atom stereocenters. The lowest BCUT2D eigenvalue weighted by atomic mass is 10.2. The quantitative estimate of drug-likeness (QED) is 0.586. The summed E-state index contributed by atoms with van der Waals surface area (Å²) in [6.45, 7) is 0. The van der Waals surface area contributed by atoms with Crippen LogP contribution < -0.4 is 11.1 Å². The van der Waals surface area contributed by atoms with Crippen molar-refractivity contribution in [2.45, 2.75) is 0 Å². The number of H-pyrrole nitrogens is 1. The lowest BCUT2D eigenvalue weighted by Gasteiger charge is -2.02. The minimum Gasteiger partial charge on any atom is -0.399 e. The van der Waals surface area contributed by atoms with Crippen LogP contribution in [0.2, 0.25) is 0 Å². The number of fused-ring (bicyclic) bond motifs is 1. The highest BCUT2D eigenvalue weighted by molar-refractivity contribution is 5.92. The van der Waals surface area contributed by atoms with E-state index in [1.807, 2.05) is 48.5 Å². The average Bonchev–Trinajstić information content (AvgIpc) is 2.73. The highest BCUT2D eigenvalue weighted by atomic mass is 15.2. The predicted octanol–water partition coefficient (Wildman–Crippen LogP) is 2.89. The maximum Gasteiger partial charge on any atom is 0.160 e. The standard InChI is InChI=1S/C13H12N4/c14-9-6-7-11-12(8-9)16-17-13(11)15-10-4-2-1-3-5-10/h1-8H,14H2,(H2,15,16,17). The van der Waals surface area contributed by atoms with Crippen molar-refractivity contribution in [3.05, 3.63) is 48.5 Å². The molecule has 0 bridgehead atoms. The van der Waals surface area contributed by atoms with E-state index in [9.17, 15) is 0 Å². The molecule has 0 aliphatic rings. The second-order valence-corrected chi connectivity index (χ2v) is 3.87. The first kappa shape index (κ1) is 9.72. The first-order valence-electron chi connectivity index (χ1n) is 5.38. The van der Waals surface area contributed by atoms with Gasteiger partial charge in [0.15, 0.2) is 5.82 Å². The van der Waals surface area contributed by atoms with Crippen LogP contribution in [0.15, 0.2) is 48.5 Å². The van der Waals surface area contributed by atoms with Gasteiger partial charge in [-0.2, -0.15) is 5.10 Å². The van der Waals surface area contributed by atoms with Crippen LogP contribution in [-0.2, 0) is 0 Å². The van der Waals surface area contributed by atoms with Crippen molar-refractivity contribution < 1.29 is 0 Å². The molecule has 3 aromatic rings. The monoisotopic (exact) mass is 224 g/mol. The van der Waals surface area contributed by atoms with E-state index in [-0.39, 0.29) is 0 Å². The minimum absolute atomic E-state index is 0.729. The number of nitrogens with two attached hydrogens (primary N) is 1. The largest absolute Gasteiger partial charge is 0.399 e. The molecule has 0 saturated heterocycles. The molecule has 0 aliphatic carbocycles. The number of rotatable bonds is 2. The molecule has 84 valence electrons. The molecule has 0 unspecified atom stereocenters. The van der Waals surface area contributed by atoms with Gasteiger partial charge in [-0.05, 0) is 30.3 Å². The number of aromatic amines is 1. The first-order valence-corrected chi connectivity index (χ1v) is 5.38. The molecule has 0 radical (unpaired) electrons. The maximum atomic E-state index is 5.72. The number of benzene rings is 2. The van der Waals surface area contributed by atoms with Crippen molar-refractivity contribution in [1.82, 2.24) is 10.2 Å². The first-order chi connectivity index (χ1) is 8.33. The van der Waals surface area contributed by atoms with Gasteiger partial charge in [0.1, 0.15) is 0 Å². The van der Waals surface area contributed by atoms with Gasteiger partial charge < -0.3 is 11.1 Å². The van der Waals surface area contributed by atoms with Crippen LogP contribution in [0.25, 0.3) is 10.9 Å². The van der Waals surface area contributed by atoms with Crippen LogP contribution >= 0.6 is 0 Å². The van der Waals surface area contributed by atoms with Crippen molar-refractivity contribution in [3.8, 4) is 0 Å². The Morgan fingerprint density at radius 2 is 1.88 bits per heavy atom. The summed E-state index contributed by atoms with van der Waals surface area (Å²) in [5, 5.41) is 11.5. The number of nitrogens with zero attached hydrogens (tertiary/aromatic N) is 1. The summed E-state index contributed by atoms with van der Waals surface area (Å²) in [5.41, 5.74) is 8.39. The van der Waals surface area contributed by atoms with Gasteiger partial charge in [0.2, 0.25) is 0 Å². The van der Waals surface area contributed by atoms with E-state index >= 15 is 0 Å². The van der Waals surface area contributed by atoms with Crippen LogP contribution in [0.3, 0.4) is 0 Å². The van der Waals surface area contributed by atoms with Gasteiger partial charge in [0.05, 0.1) is 5.52 Å². The SMILES string of the molecule is Nc1ccc2c(Nc3ccccc3)n[nH]c2c1. The molecule has 0 fully saturated rings. The summed E-state index contributed by atoms with van der Waals surface area (Å²) in [4.78, 5) is 0. The van der Waals surface area contributed by atoms with E-state index < -0.39 is 0 Å². The summed E-state index contributed by atoms with van der Waals surface area (Å²) in [6.07, 6.45) is 0. The van der Waals surface area contributed by atoms with Gasteiger partial charge in [0, 0.05) is 16.8 Å². The Morgan fingerprint density at radius 1 is 1.06 bits per heavy atom. The number of nitrogen functional groups attached to an aromatic ring is 1. The third-order valence-corrected chi connectivity index (χ3v) is 2.62. The third kappa shape index (κ3) is 1.80. The smallest absolute Gasteiger partial charge is 0.160 e. The van der Waals surface area contributed by atoms with Crippen LogP contribution in [0.4, 0.5) is 17.2 Å². The van der Waals surface area contributed by atoms with Gasteiger partial charge in [-0.3, -0.25) is 5.10 Å². The summed E-state index contributed by atoms with van der Waals surface area (Å²) in [5.74, 6) is 0.811. The fourth-order valence-corrected chi connectivity index (χ4v) is 1.79. The topological polar surface area (TPSA) is 66.7 Å². The van der Waals surface area contributed by atoms with Crippen LogP contribution in [0, 0.1) is 0 Å². The molecule has 4 N–H and O–H groups in total. The van der Waals surface area contributed by atoms with Crippen molar-refractivity contribution in [2.75, 3.05) is 11.1 Å². The number of para-hydroxylation sites is 1. The van der Waals surface area contributed by atoms with E-state index in [4.69, 9.17) is 5.73 Å². The van der Waals surface area contributed by atoms with Gasteiger partial charge in [-0.1, -0.05) is 18.2 Å². The zero-order valence-electron chi connectivity index (χ0n) is 9.14. The number of anilines is 3. The maximum absolute atomic E-state index is 5.72. The molecule has 17 heavy (non-hydrogen) atoms. The van der Waals surface area contributed by atoms with Crippen molar-refractivity contribution in [3.63, 3.8) is 0 Å². The Morgan fingerprint density at radius 3 is 2.71 bits per heavy atom. The van der Waals surface area contributed by atoms with Crippen LogP contribution in [0.1, 0.15) is 0 Å². The molecule has 0 saturated carbocycles. The van der Waals surface area contributed by atoms with E-state index in [1.54, 1.807) is 0 Å². The summed E-state index contributed by atoms with van der Waals surface area (Å²) >= 11 is 0. The summed E-state index contributed by atoms with van der Waals surface area (Å²) in [7, 11) is 0. The van der Waals surface area contributed by atoms with Crippen molar-refractivity contribution in [1.29, 1.82) is 0 Å². The van der Waals surface area contributed by atoms with E-state index in [2.05, 4.69) is 15.5 Å². The number of nitrogens with one attached hydrogen (secondary N) is 2. The molecule has 0 aliphatic heterocycles. The second-order valence-electron chi connectivity index (χ2n) is 3.87. The molecular weight excluding hydrogens is 212 g/mol. The minimum atomic E-state index is 0.729. The second kappa shape index (κ2) is 3.83. The summed E-state index contributed by atoms with van der Waals surface area (Å²) in [6, 6.07) is 15.6. The number of hydrogen-bond acceptors (Lipinski definition) is 3. The van der Waals surface area contributed by atoms with Gasteiger partial charge in [0.25, 0.3) is 0 Å². The molecule has 0 spiro atoms. The number of hydrogen-bond donors (Lipinski definition) is 3. The zero-order valence-corrected chi connectivity index (χ0v) is 9.14. The lowest BCUT2D eigenvalue weighted by molar-refractivity contribution is 1.12. The molecule has 1 heterocycles. The fourth-order valence-electron chi connectivity index (χ4n) is 1.79. The fraction of sp³-hybridized carbons (Fsp3) is 0. The molecule has 4 heteroatoms. The Labute approximate surface area is 98.5 Å². The van der Waals surface area contributed by atoms with Crippen molar-refractivity contribution in [2.24, 2.45) is 0 Å². The molecule has 4 nitrogen and oxygen atoms in total. The van der Waals surface area contributed by atoms with Gasteiger partial charge in [-0.25, -0.2) is 0 Å². The predicted molar refractivity (Wildman–Crippen MR) is 70.2 cm³/mol. The Balaban J connectivity index is 2.01. The van der Waals surface area contributed by atoms with Crippen LogP contribution in [-0.4, -0.2) is 10.2 Å². The molecule has 2 aromatic carbocycles. The molecule has 0 amide bonds. The third-order valence-electron chi connectivity index (χ3n) is 2.62. The van der Waals surface area contributed by atoms with Gasteiger partial charge >= 0.3 is 0 Å². The Hall–Kier alpha value is -2.49.